The van der Waals surface area contributed by atoms with Crippen LogP contribution >= 0.6 is 15.9 Å². The van der Waals surface area contributed by atoms with E-state index < -0.39 is 5.97 Å². The van der Waals surface area contributed by atoms with Crippen LogP contribution in [0.1, 0.15) is 96.8 Å². The molecule has 3 heteroatoms. The summed E-state index contributed by atoms with van der Waals surface area (Å²) >= 11 is 3.55. The van der Waals surface area contributed by atoms with Gasteiger partial charge >= 0.3 is 5.97 Å². The Labute approximate surface area is 151 Å². The number of hydrogen-bond donors (Lipinski definition) is 1. The third-order valence-electron chi connectivity index (χ3n) is 3.90. The highest BCUT2D eigenvalue weighted by molar-refractivity contribution is 9.11. The van der Waals surface area contributed by atoms with E-state index in [2.05, 4.69) is 41.1 Å². The molecule has 0 heterocycles. The molecule has 134 valence electrons. The third kappa shape index (κ3) is 19.4. The van der Waals surface area contributed by atoms with E-state index in [9.17, 15) is 4.79 Å². The van der Waals surface area contributed by atoms with E-state index in [1.54, 1.807) is 0 Å². The van der Waals surface area contributed by atoms with Gasteiger partial charge in [-0.2, -0.15) is 0 Å². The maximum Gasteiger partial charge on any atom is 0.303 e. The van der Waals surface area contributed by atoms with Crippen LogP contribution in [0.4, 0.5) is 0 Å². The second-order valence-electron chi connectivity index (χ2n) is 6.21. The summed E-state index contributed by atoms with van der Waals surface area (Å²) in [5.41, 5.74) is 0. The minimum absolute atomic E-state index is 0.259. The van der Waals surface area contributed by atoms with E-state index in [-0.39, 0.29) is 6.42 Å². The Morgan fingerprint density at radius 3 is 2.09 bits per heavy atom. The van der Waals surface area contributed by atoms with Crippen LogP contribution in [0.3, 0.4) is 0 Å². The molecular formula is C20H35BrO2. The molecule has 0 fully saturated rings. The van der Waals surface area contributed by atoms with E-state index in [1.165, 1.54) is 62.3 Å². The Bertz CT molecular complexity index is 335. The fraction of sp³-hybridized carbons (Fsp3) is 0.750. The van der Waals surface area contributed by atoms with Crippen molar-refractivity contribution < 1.29 is 9.90 Å². The summed E-state index contributed by atoms with van der Waals surface area (Å²) in [4.78, 5) is 10.4. The Morgan fingerprint density at radius 1 is 0.826 bits per heavy atom. The van der Waals surface area contributed by atoms with Crippen LogP contribution in [0.2, 0.25) is 0 Å². The monoisotopic (exact) mass is 386 g/mol. The third-order valence-corrected chi connectivity index (χ3v) is 4.62. The van der Waals surface area contributed by atoms with Crippen molar-refractivity contribution in [3.63, 3.8) is 0 Å². The van der Waals surface area contributed by atoms with Crippen LogP contribution < -0.4 is 0 Å². The number of carbonyl (C=O) groups is 1. The zero-order valence-corrected chi connectivity index (χ0v) is 16.5. The number of rotatable bonds is 16. The van der Waals surface area contributed by atoms with Gasteiger partial charge < -0.3 is 5.11 Å². The highest BCUT2D eigenvalue weighted by atomic mass is 79.9. The summed E-state index contributed by atoms with van der Waals surface area (Å²) in [5.74, 6) is -0.710. The number of unbranched alkanes of at least 4 members (excludes halogenated alkanes) is 9. The number of carboxylic acids is 1. The fourth-order valence-corrected chi connectivity index (χ4v) is 2.92. The summed E-state index contributed by atoms with van der Waals surface area (Å²) < 4.78 is 1.19. The van der Waals surface area contributed by atoms with Gasteiger partial charge in [-0.25, -0.2) is 0 Å². The van der Waals surface area contributed by atoms with Crippen molar-refractivity contribution in [3.05, 3.63) is 22.7 Å². The van der Waals surface area contributed by atoms with Crippen molar-refractivity contribution in [1.82, 2.24) is 0 Å². The molecule has 0 spiro atoms. The Balaban J connectivity index is 3.36. The second kappa shape index (κ2) is 17.8. The first-order valence-electron chi connectivity index (χ1n) is 9.38. The van der Waals surface area contributed by atoms with Gasteiger partial charge in [0.15, 0.2) is 0 Å². The molecule has 0 aliphatic carbocycles. The van der Waals surface area contributed by atoms with E-state index in [1.807, 2.05) is 0 Å². The molecule has 0 amide bonds. The fourth-order valence-electron chi connectivity index (χ4n) is 2.47. The highest BCUT2D eigenvalue weighted by Gasteiger charge is 1.95. The molecule has 0 atom stereocenters. The molecule has 0 aromatic heterocycles. The molecule has 0 saturated carbocycles. The van der Waals surface area contributed by atoms with Crippen molar-refractivity contribution in [2.75, 3.05) is 0 Å². The van der Waals surface area contributed by atoms with E-state index in [0.717, 1.165) is 25.7 Å². The molecule has 0 rings (SSSR count). The van der Waals surface area contributed by atoms with E-state index in [4.69, 9.17) is 5.11 Å². The normalized spacial score (nSPS) is 12.2. The summed E-state index contributed by atoms with van der Waals surface area (Å²) in [7, 11) is 0. The van der Waals surface area contributed by atoms with Gasteiger partial charge in [0.2, 0.25) is 0 Å². The van der Waals surface area contributed by atoms with Gasteiger partial charge in [0, 0.05) is 6.42 Å². The molecule has 0 bridgehead atoms. The molecule has 0 aliphatic heterocycles. The lowest BCUT2D eigenvalue weighted by molar-refractivity contribution is -0.137. The second-order valence-corrected chi connectivity index (χ2v) is 7.23. The average Bonchev–Trinajstić information content (AvgIpc) is 2.52. The molecule has 0 aliphatic rings. The minimum atomic E-state index is -0.710. The summed E-state index contributed by atoms with van der Waals surface area (Å²) in [5, 5.41) is 8.56. The predicted molar refractivity (Wildman–Crippen MR) is 104 cm³/mol. The van der Waals surface area contributed by atoms with Crippen LogP contribution in [-0.2, 0) is 4.79 Å². The molecule has 0 unspecified atom stereocenters. The maximum absolute atomic E-state index is 10.4. The maximum atomic E-state index is 10.4. The number of aliphatic carboxylic acids is 1. The van der Waals surface area contributed by atoms with E-state index in [0.29, 0.717) is 0 Å². The molecule has 0 aromatic carbocycles. The number of hydrogen-bond acceptors (Lipinski definition) is 1. The SMILES string of the molecule is CCCCCCCCCC/C=C/CC/C(Br)=C\CCCC(=O)O. The van der Waals surface area contributed by atoms with Crippen LogP contribution in [0.25, 0.3) is 0 Å². The van der Waals surface area contributed by atoms with Crippen molar-refractivity contribution in [2.45, 2.75) is 96.8 Å². The minimum Gasteiger partial charge on any atom is -0.481 e. The van der Waals surface area contributed by atoms with Gasteiger partial charge in [0.25, 0.3) is 0 Å². The lowest BCUT2D eigenvalue weighted by Gasteiger charge is -2.00. The standard InChI is InChI=1S/C20H35BrO2/c1-2-3-4-5-6-7-8-9-10-11-12-13-16-19(21)17-14-15-18-20(22)23/h11-12,17H,2-10,13-16,18H2,1H3,(H,22,23)/b12-11+,19-17+. The Morgan fingerprint density at radius 2 is 1.43 bits per heavy atom. The first-order chi connectivity index (χ1) is 11.2. The van der Waals surface area contributed by atoms with Crippen LogP contribution in [0.15, 0.2) is 22.7 Å². The quantitative estimate of drug-likeness (QED) is 0.221. The summed E-state index contributed by atoms with van der Waals surface area (Å²) in [6.45, 7) is 2.26. The van der Waals surface area contributed by atoms with Gasteiger partial charge in [-0.1, -0.05) is 86.0 Å². The molecule has 2 nitrogen and oxygen atoms in total. The van der Waals surface area contributed by atoms with Crippen molar-refractivity contribution in [1.29, 1.82) is 0 Å². The van der Waals surface area contributed by atoms with Gasteiger partial charge in [-0.15, -0.1) is 0 Å². The van der Waals surface area contributed by atoms with Gasteiger partial charge in [0.1, 0.15) is 0 Å². The van der Waals surface area contributed by atoms with Gasteiger partial charge in [-0.05, 0) is 43.0 Å². The lowest BCUT2D eigenvalue weighted by atomic mass is 10.1. The first-order valence-corrected chi connectivity index (χ1v) is 10.2. The predicted octanol–water partition coefficient (Wildman–Crippen LogP) is 7.39. The van der Waals surface area contributed by atoms with Crippen molar-refractivity contribution in [2.24, 2.45) is 0 Å². The summed E-state index contributed by atoms with van der Waals surface area (Å²) in [6, 6.07) is 0. The number of halogens is 1. The zero-order chi connectivity index (χ0) is 17.2. The first kappa shape index (κ1) is 22.4. The topological polar surface area (TPSA) is 37.3 Å². The largest absolute Gasteiger partial charge is 0.481 e. The van der Waals surface area contributed by atoms with Gasteiger partial charge in [0.05, 0.1) is 0 Å². The number of carboxylic acid groups (broad SMARTS) is 1. The molecule has 0 saturated heterocycles. The van der Waals surface area contributed by atoms with Crippen LogP contribution in [-0.4, -0.2) is 11.1 Å². The highest BCUT2D eigenvalue weighted by Crippen LogP contribution is 2.16. The van der Waals surface area contributed by atoms with Crippen LogP contribution in [0, 0.1) is 0 Å². The van der Waals surface area contributed by atoms with Crippen LogP contribution in [0.5, 0.6) is 0 Å². The molecule has 0 aromatic rings. The lowest BCUT2D eigenvalue weighted by Crippen LogP contribution is -1.92. The molecule has 0 radical (unpaired) electrons. The van der Waals surface area contributed by atoms with Crippen molar-refractivity contribution >= 4 is 21.9 Å². The number of allylic oxidation sites excluding steroid dienone is 4. The van der Waals surface area contributed by atoms with Gasteiger partial charge in [-0.3, -0.25) is 4.79 Å². The average molecular weight is 387 g/mol. The summed E-state index contributed by atoms with van der Waals surface area (Å²) in [6.07, 6.45) is 22.8. The smallest absolute Gasteiger partial charge is 0.303 e. The Hall–Kier alpha value is -0.570. The molecular weight excluding hydrogens is 352 g/mol. The van der Waals surface area contributed by atoms with Crippen molar-refractivity contribution in [3.8, 4) is 0 Å². The molecule has 1 N–H and O–H groups in total. The Kier molecular flexibility index (Phi) is 17.3. The molecule has 23 heavy (non-hydrogen) atoms. The van der Waals surface area contributed by atoms with E-state index >= 15 is 0 Å². The zero-order valence-electron chi connectivity index (χ0n) is 14.9.